The SMILES string of the molecule is C/C=C(/CC)C(/C=C(\C)P)C(C)=O. The highest BCUT2D eigenvalue weighted by Crippen LogP contribution is 2.20. The molecule has 0 amide bonds. The van der Waals surface area contributed by atoms with Crippen molar-refractivity contribution >= 4 is 15.0 Å². The normalized spacial score (nSPS) is 15.8. The molecular formula is C11H19OP. The van der Waals surface area contributed by atoms with Crippen LogP contribution in [0.3, 0.4) is 0 Å². The topological polar surface area (TPSA) is 17.1 Å². The zero-order chi connectivity index (χ0) is 10.4. The molecule has 0 bridgehead atoms. The number of hydrogen-bond donors (Lipinski definition) is 0. The van der Waals surface area contributed by atoms with Crippen molar-refractivity contribution in [2.24, 2.45) is 5.92 Å². The minimum Gasteiger partial charge on any atom is -0.299 e. The third kappa shape index (κ3) is 4.38. The van der Waals surface area contributed by atoms with Crippen molar-refractivity contribution in [1.82, 2.24) is 0 Å². The van der Waals surface area contributed by atoms with Gasteiger partial charge < -0.3 is 0 Å². The van der Waals surface area contributed by atoms with Crippen molar-refractivity contribution in [1.29, 1.82) is 0 Å². The Labute approximate surface area is 83.5 Å². The maximum Gasteiger partial charge on any atom is 0.140 e. The standard InChI is InChI=1S/C11H19OP/c1-5-10(6-2)11(9(4)12)7-8(3)13/h5,7,11H,6,13H2,1-4H3/b8-7+,10-5-. The van der Waals surface area contributed by atoms with Crippen LogP contribution in [-0.4, -0.2) is 5.78 Å². The van der Waals surface area contributed by atoms with E-state index < -0.39 is 0 Å². The highest BCUT2D eigenvalue weighted by Gasteiger charge is 2.14. The van der Waals surface area contributed by atoms with Crippen LogP contribution in [0.4, 0.5) is 0 Å². The predicted molar refractivity (Wildman–Crippen MR) is 61.7 cm³/mol. The van der Waals surface area contributed by atoms with Crippen LogP contribution in [-0.2, 0) is 4.79 Å². The van der Waals surface area contributed by atoms with E-state index in [0.717, 1.165) is 11.7 Å². The van der Waals surface area contributed by atoms with Crippen molar-refractivity contribution < 1.29 is 4.79 Å². The summed E-state index contributed by atoms with van der Waals surface area (Å²) in [5.74, 6) is 0.198. The minimum atomic E-state index is -0.0208. The van der Waals surface area contributed by atoms with Crippen molar-refractivity contribution in [3.63, 3.8) is 0 Å². The molecule has 2 heteroatoms. The molecule has 0 aromatic carbocycles. The quantitative estimate of drug-likeness (QED) is 0.500. The Morgan fingerprint density at radius 3 is 2.23 bits per heavy atom. The van der Waals surface area contributed by atoms with Gasteiger partial charge in [0.1, 0.15) is 5.78 Å². The number of Topliss-reactive ketones (excluding diaryl/α,β-unsaturated/α-hetero) is 1. The van der Waals surface area contributed by atoms with Gasteiger partial charge in [-0.1, -0.05) is 30.0 Å². The molecule has 0 saturated heterocycles. The Bertz CT molecular complexity index is 234. The van der Waals surface area contributed by atoms with Crippen LogP contribution in [0.1, 0.15) is 34.1 Å². The summed E-state index contributed by atoms with van der Waals surface area (Å²) >= 11 is 0. The van der Waals surface area contributed by atoms with Gasteiger partial charge in [0.25, 0.3) is 0 Å². The van der Waals surface area contributed by atoms with Crippen molar-refractivity contribution in [3.05, 3.63) is 23.0 Å². The zero-order valence-electron chi connectivity index (χ0n) is 8.92. The molecule has 0 fully saturated rings. The fourth-order valence-corrected chi connectivity index (χ4v) is 1.54. The molecule has 2 unspecified atom stereocenters. The predicted octanol–water partition coefficient (Wildman–Crippen LogP) is 3.33. The Morgan fingerprint density at radius 2 is 2.00 bits per heavy atom. The minimum absolute atomic E-state index is 0.0208. The van der Waals surface area contributed by atoms with Crippen LogP contribution < -0.4 is 0 Å². The molecule has 0 saturated carbocycles. The van der Waals surface area contributed by atoms with Gasteiger partial charge in [0.2, 0.25) is 0 Å². The van der Waals surface area contributed by atoms with Crippen LogP contribution in [0.15, 0.2) is 23.0 Å². The molecule has 0 N–H and O–H groups in total. The van der Waals surface area contributed by atoms with E-state index in [-0.39, 0.29) is 11.7 Å². The first-order chi connectivity index (χ1) is 6.02. The summed E-state index contributed by atoms with van der Waals surface area (Å²) < 4.78 is 0. The number of carbonyl (C=O) groups is 1. The van der Waals surface area contributed by atoms with Crippen LogP contribution in [0.2, 0.25) is 0 Å². The average Bonchev–Trinajstić information content (AvgIpc) is 2.04. The van der Waals surface area contributed by atoms with Crippen LogP contribution in [0, 0.1) is 5.92 Å². The zero-order valence-corrected chi connectivity index (χ0v) is 10.1. The van der Waals surface area contributed by atoms with Gasteiger partial charge in [0, 0.05) is 0 Å². The number of ketones is 1. The van der Waals surface area contributed by atoms with Gasteiger partial charge in [0.15, 0.2) is 0 Å². The fraction of sp³-hybridized carbons (Fsp3) is 0.545. The summed E-state index contributed by atoms with van der Waals surface area (Å²) in [4.78, 5) is 11.3. The van der Waals surface area contributed by atoms with Gasteiger partial charge in [-0.15, -0.1) is 9.24 Å². The van der Waals surface area contributed by atoms with Gasteiger partial charge in [-0.05, 0) is 27.2 Å². The van der Waals surface area contributed by atoms with E-state index >= 15 is 0 Å². The second kappa shape index (κ2) is 6.10. The van der Waals surface area contributed by atoms with Crippen LogP contribution in [0.5, 0.6) is 0 Å². The highest BCUT2D eigenvalue weighted by molar-refractivity contribution is 7.22. The van der Waals surface area contributed by atoms with E-state index in [1.54, 1.807) is 6.92 Å². The van der Waals surface area contributed by atoms with Crippen molar-refractivity contribution in [2.75, 3.05) is 0 Å². The Morgan fingerprint density at radius 1 is 1.46 bits per heavy atom. The Hall–Kier alpha value is -0.420. The molecule has 0 rings (SSSR count). The van der Waals surface area contributed by atoms with Crippen LogP contribution >= 0.6 is 9.24 Å². The third-order valence-electron chi connectivity index (χ3n) is 2.05. The molecule has 13 heavy (non-hydrogen) atoms. The third-order valence-corrected chi connectivity index (χ3v) is 2.24. The van der Waals surface area contributed by atoms with Gasteiger partial charge in [0.05, 0.1) is 5.92 Å². The lowest BCUT2D eigenvalue weighted by molar-refractivity contribution is -0.118. The molecular weight excluding hydrogens is 179 g/mol. The summed E-state index contributed by atoms with van der Waals surface area (Å²) in [7, 11) is 2.62. The first-order valence-corrected chi connectivity index (χ1v) is 5.20. The first kappa shape index (κ1) is 12.6. The van der Waals surface area contributed by atoms with E-state index in [4.69, 9.17) is 0 Å². The molecule has 0 aromatic heterocycles. The molecule has 0 aliphatic carbocycles. The molecule has 0 radical (unpaired) electrons. The van der Waals surface area contributed by atoms with Crippen molar-refractivity contribution in [2.45, 2.75) is 34.1 Å². The number of allylic oxidation sites excluding steroid dienone is 4. The fourth-order valence-electron chi connectivity index (χ4n) is 1.35. The Balaban J connectivity index is 4.81. The lowest BCUT2D eigenvalue weighted by Crippen LogP contribution is -2.10. The summed E-state index contributed by atoms with van der Waals surface area (Å²) in [5.41, 5.74) is 1.20. The molecule has 74 valence electrons. The van der Waals surface area contributed by atoms with Gasteiger partial charge in [-0.25, -0.2) is 0 Å². The summed E-state index contributed by atoms with van der Waals surface area (Å²) in [5, 5.41) is 1.12. The molecule has 0 heterocycles. The molecule has 0 aliphatic heterocycles. The highest BCUT2D eigenvalue weighted by atomic mass is 31.0. The number of carbonyl (C=O) groups excluding carboxylic acids is 1. The second-order valence-corrected chi connectivity index (χ2v) is 4.13. The largest absolute Gasteiger partial charge is 0.299 e. The summed E-state index contributed by atoms with van der Waals surface area (Å²) in [6.07, 6.45) is 4.98. The van der Waals surface area contributed by atoms with Gasteiger partial charge in [-0.3, -0.25) is 4.79 Å². The molecule has 0 aromatic rings. The first-order valence-electron chi connectivity index (χ1n) is 4.62. The van der Waals surface area contributed by atoms with E-state index in [2.05, 4.69) is 16.2 Å². The Kier molecular flexibility index (Phi) is 5.90. The van der Waals surface area contributed by atoms with Crippen molar-refractivity contribution in [3.8, 4) is 0 Å². The van der Waals surface area contributed by atoms with E-state index in [0.29, 0.717) is 0 Å². The monoisotopic (exact) mass is 198 g/mol. The molecule has 2 atom stereocenters. The van der Waals surface area contributed by atoms with Gasteiger partial charge in [-0.2, -0.15) is 0 Å². The van der Waals surface area contributed by atoms with E-state index in [1.807, 2.05) is 26.0 Å². The second-order valence-electron chi connectivity index (χ2n) is 3.22. The molecule has 1 nitrogen and oxygen atoms in total. The lowest BCUT2D eigenvalue weighted by atomic mass is 9.92. The maximum absolute atomic E-state index is 11.3. The molecule has 0 aliphatic rings. The van der Waals surface area contributed by atoms with E-state index in [1.165, 1.54) is 5.57 Å². The lowest BCUT2D eigenvalue weighted by Gasteiger charge is -2.12. The summed E-state index contributed by atoms with van der Waals surface area (Å²) in [6.45, 7) is 7.70. The van der Waals surface area contributed by atoms with E-state index in [9.17, 15) is 4.79 Å². The number of hydrogen-bond acceptors (Lipinski definition) is 1. The van der Waals surface area contributed by atoms with Crippen LogP contribution in [0.25, 0.3) is 0 Å². The number of rotatable bonds is 4. The average molecular weight is 198 g/mol. The molecule has 0 spiro atoms. The maximum atomic E-state index is 11.3. The smallest absolute Gasteiger partial charge is 0.140 e. The summed E-state index contributed by atoms with van der Waals surface area (Å²) in [6, 6.07) is 0. The van der Waals surface area contributed by atoms with Gasteiger partial charge >= 0.3 is 0 Å².